The number of benzene rings is 3. The first-order valence-corrected chi connectivity index (χ1v) is 17.2. The van der Waals surface area contributed by atoms with E-state index in [9.17, 15) is 23.3 Å². The van der Waals surface area contributed by atoms with Crippen LogP contribution in [-0.4, -0.2) is 49.0 Å². The fourth-order valence-electron chi connectivity index (χ4n) is 6.76. The molecule has 0 saturated carbocycles. The predicted molar refractivity (Wildman–Crippen MR) is 174 cm³/mol. The lowest BCUT2D eigenvalue weighted by Gasteiger charge is -2.36. The number of para-hydroxylation sites is 1. The van der Waals surface area contributed by atoms with Gasteiger partial charge in [-0.2, -0.15) is 4.31 Å². The summed E-state index contributed by atoms with van der Waals surface area (Å²) in [5.41, 5.74) is 4.88. The Hall–Kier alpha value is -3.87. The molecular weight excluding hydrogens is 627 g/mol. The molecule has 0 N–H and O–H groups in total. The molecule has 5 rings (SSSR count). The van der Waals surface area contributed by atoms with Gasteiger partial charge in [-0.1, -0.05) is 12.1 Å². The molecule has 2 aliphatic rings. The molecule has 12 heteroatoms. The standard InChI is InChI=1S/C35H41FN2O8S/c1-8-44-34(39)33(46-35(5,6)7)31-21(3)23-15-16-37(47(42,43)29-14-10-9-13-28(29)38(40)41)19-26(23)22(4)30(31)25-18-27(36)32-24(20(25)2)12-11-17-45-32/h9-10,13-14,18,33H,8,11-12,15-17,19H2,1-7H3. The quantitative estimate of drug-likeness (QED) is 0.146. The van der Waals surface area contributed by atoms with Gasteiger partial charge >= 0.3 is 5.97 Å². The summed E-state index contributed by atoms with van der Waals surface area (Å²) in [4.78, 5) is 24.3. The smallest absolute Gasteiger partial charge is 0.339 e. The molecule has 2 aliphatic heterocycles. The molecule has 0 bridgehead atoms. The third kappa shape index (κ3) is 6.38. The summed E-state index contributed by atoms with van der Waals surface area (Å²) in [5.74, 6) is -0.881. The molecule has 252 valence electrons. The monoisotopic (exact) mass is 668 g/mol. The maximum atomic E-state index is 15.8. The highest BCUT2D eigenvalue weighted by molar-refractivity contribution is 7.89. The number of esters is 1. The van der Waals surface area contributed by atoms with Gasteiger partial charge in [0, 0.05) is 30.3 Å². The van der Waals surface area contributed by atoms with Crippen LogP contribution in [0.2, 0.25) is 0 Å². The summed E-state index contributed by atoms with van der Waals surface area (Å²) < 4.78 is 62.5. The maximum Gasteiger partial charge on any atom is 0.339 e. The van der Waals surface area contributed by atoms with Crippen molar-refractivity contribution in [2.45, 2.75) is 90.9 Å². The van der Waals surface area contributed by atoms with E-state index in [0.29, 0.717) is 40.8 Å². The second-order valence-corrected chi connectivity index (χ2v) is 14.9. The lowest BCUT2D eigenvalue weighted by molar-refractivity contribution is -0.387. The van der Waals surface area contributed by atoms with Crippen molar-refractivity contribution in [3.05, 3.63) is 85.2 Å². The number of hydrogen-bond donors (Lipinski definition) is 0. The lowest BCUT2D eigenvalue weighted by Crippen LogP contribution is -2.37. The molecule has 0 fully saturated rings. The molecule has 10 nitrogen and oxygen atoms in total. The van der Waals surface area contributed by atoms with E-state index in [0.717, 1.165) is 28.7 Å². The minimum Gasteiger partial charge on any atom is -0.490 e. The SMILES string of the molecule is CCOC(=O)C(OC(C)(C)C)c1c(C)c2c(c(C)c1-c1cc(F)c3c(c1C)CCCO3)CN(S(=O)(=O)c1ccccc1[N+](=O)[O-])CC2. The van der Waals surface area contributed by atoms with Crippen LogP contribution in [0.1, 0.15) is 79.2 Å². The number of halogens is 1. The molecule has 3 aromatic carbocycles. The summed E-state index contributed by atoms with van der Waals surface area (Å²) in [7, 11) is -4.27. The van der Waals surface area contributed by atoms with E-state index in [1.807, 2.05) is 41.5 Å². The Kier molecular flexibility index (Phi) is 9.51. The van der Waals surface area contributed by atoms with E-state index < -0.39 is 44.1 Å². The van der Waals surface area contributed by atoms with Crippen molar-refractivity contribution in [2.24, 2.45) is 0 Å². The average molecular weight is 669 g/mol. The molecule has 0 saturated heterocycles. The van der Waals surface area contributed by atoms with Gasteiger partial charge in [0.1, 0.15) is 0 Å². The number of nitrogens with zero attached hydrogens (tertiary/aromatic N) is 2. The summed E-state index contributed by atoms with van der Waals surface area (Å²) in [6.45, 7) is 13.4. The molecule has 3 aromatic rings. The van der Waals surface area contributed by atoms with Crippen LogP contribution in [-0.2, 0) is 43.7 Å². The number of ether oxygens (including phenoxy) is 3. The zero-order valence-corrected chi connectivity index (χ0v) is 28.7. The number of carbonyl (C=O) groups excluding carboxylic acids is 1. The van der Waals surface area contributed by atoms with E-state index in [4.69, 9.17) is 14.2 Å². The van der Waals surface area contributed by atoms with Crippen molar-refractivity contribution < 1.29 is 36.7 Å². The number of nitro benzene ring substituents is 1. The van der Waals surface area contributed by atoms with Crippen molar-refractivity contribution in [2.75, 3.05) is 19.8 Å². The number of nitro groups is 1. The molecule has 47 heavy (non-hydrogen) atoms. The van der Waals surface area contributed by atoms with Crippen molar-refractivity contribution in [3.8, 4) is 16.9 Å². The Morgan fingerprint density at radius 2 is 1.79 bits per heavy atom. The predicted octanol–water partition coefficient (Wildman–Crippen LogP) is 6.82. The number of carbonyl (C=O) groups is 1. The molecule has 1 unspecified atom stereocenters. The van der Waals surface area contributed by atoms with Gasteiger partial charge < -0.3 is 14.2 Å². The van der Waals surface area contributed by atoms with Crippen molar-refractivity contribution in [3.63, 3.8) is 0 Å². The molecule has 0 radical (unpaired) electrons. The zero-order valence-electron chi connectivity index (χ0n) is 27.9. The summed E-state index contributed by atoms with van der Waals surface area (Å²) >= 11 is 0. The van der Waals surface area contributed by atoms with Crippen LogP contribution >= 0.6 is 0 Å². The summed E-state index contributed by atoms with van der Waals surface area (Å²) in [6, 6.07) is 6.71. The van der Waals surface area contributed by atoms with Crippen molar-refractivity contribution in [1.82, 2.24) is 4.31 Å². The molecular formula is C35H41FN2O8S. The van der Waals surface area contributed by atoms with Crippen molar-refractivity contribution >= 4 is 21.7 Å². The molecule has 1 atom stereocenters. The van der Waals surface area contributed by atoms with Crippen LogP contribution in [0, 0.1) is 36.7 Å². The van der Waals surface area contributed by atoms with E-state index in [1.54, 1.807) is 6.92 Å². The molecule has 0 spiro atoms. The van der Waals surface area contributed by atoms with Gasteiger partial charge in [-0.3, -0.25) is 10.1 Å². The van der Waals surface area contributed by atoms with E-state index in [-0.39, 0.29) is 36.8 Å². The Balaban J connectivity index is 1.78. The first kappa shape index (κ1) is 34.5. The normalized spacial score (nSPS) is 15.7. The van der Waals surface area contributed by atoms with Gasteiger partial charge in [0.05, 0.1) is 23.7 Å². The van der Waals surface area contributed by atoms with Crippen LogP contribution in [0.25, 0.3) is 11.1 Å². The van der Waals surface area contributed by atoms with Gasteiger partial charge in [-0.05, 0) is 119 Å². The zero-order chi connectivity index (χ0) is 34.4. The van der Waals surface area contributed by atoms with E-state index >= 15 is 4.39 Å². The minimum absolute atomic E-state index is 0.0640. The van der Waals surface area contributed by atoms with Crippen LogP contribution in [0.15, 0.2) is 35.2 Å². The molecule has 0 aliphatic carbocycles. The molecule has 2 heterocycles. The number of hydrogen-bond acceptors (Lipinski definition) is 8. The lowest BCUT2D eigenvalue weighted by atomic mass is 9.78. The fraction of sp³-hybridized carbons (Fsp3) is 0.457. The van der Waals surface area contributed by atoms with Gasteiger partial charge in [0.15, 0.2) is 22.6 Å². The van der Waals surface area contributed by atoms with Gasteiger partial charge in [-0.15, -0.1) is 0 Å². The first-order valence-electron chi connectivity index (χ1n) is 15.8. The third-order valence-electron chi connectivity index (χ3n) is 8.88. The third-order valence-corrected chi connectivity index (χ3v) is 10.8. The second kappa shape index (κ2) is 13.0. The first-order chi connectivity index (χ1) is 22.1. The van der Waals surface area contributed by atoms with E-state index in [2.05, 4.69) is 0 Å². The Labute approximate surface area is 275 Å². The van der Waals surface area contributed by atoms with Crippen LogP contribution in [0.5, 0.6) is 5.75 Å². The van der Waals surface area contributed by atoms with Gasteiger partial charge in [0.2, 0.25) is 10.0 Å². The largest absolute Gasteiger partial charge is 0.490 e. The molecule has 0 aromatic heterocycles. The minimum atomic E-state index is -4.27. The number of fused-ring (bicyclic) bond motifs is 2. The highest BCUT2D eigenvalue weighted by atomic mass is 32.2. The van der Waals surface area contributed by atoms with Crippen LogP contribution in [0.3, 0.4) is 0 Å². The van der Waals surface area contributed by atoms with Gasteiger partial charge in [0.25, 0.3) is 5.69 Å². The Bertz CT molecular complexity index is 1870. The second-order valence-electron chi connectivity index (χ2n) is 13.0. The maximum absolute atomic E-state index is 15.8. The number of rotatable bonds is 8. The highest BCUT2D eigenvalue weighted by Gasteiger charge is 2.39. The topological polar surface area (TPSA) is 125 Å². The number of sulfonamides is 1. The van der Waals surface area contributed by atoms with Crippen molar-refractivity contribution in [1.29, 1.82) is 0 Å². The fourth-order valence-corrected chi connectivity index (χ4v) is 8.33. The summed E-state index contributed by atoms with van der Waals surface area (Å²) in [5, 5.41) is 11.7. The van der Waals surface area contributed by atoms with Crippen LogP contribution in [0.4, 0.5) is 10.1 Å². The summed E-state index contributed by atoms with van der Waals surface area (Å²) in [6.07, 6.45) is 0.470. The Morgan fingerprint density at radius 3 is 2.45 bits per heavy atom. The van der Waals surface area contributed by atoms with Gasteiger partial charge in [-0.25, -0.2) is 17.6 Å². The average Bonchev–Trinajstić information content (AvgIpc) is 3.03. The van der Waals surface area contributed by atoms with E-state index in [1.165, 1.54) is 34.6 Å². The highest BCUT2D eigenvalue weighted by Crippen LogP contribution is 2.47. The Morgan fingerprint density at radius 1 is 1.09 bits per heavy atom. The van der Waals surface area contributed by atoms with Crippen LogP contribution < -0.4 is 4.74 Å². The molecule has 0 amide bonds.